The van der Waals surface area contributed by atoms with E-state index >= 15 is 0 Å². The molecule has 3 rings (SSSR count). The van der Waals surface area contributed by atoms with E-state index in [1.807, 2.05) is 42.8 Å². The maximum Gasteiger partial charge on any atom is 0.253 e. The first kappa shape index (κ1) is 17.1. The normalized spacial score (nSPS) is 10.7. The van der Waals surface area contributed by atoms with Crippen molar-refractivity contribution < 1.29 is 9.53 Å². The molecule has 0 saturated carbocycles. The monoisotopic (exact) mass is 353 g/mol. The highest BCUT2D eigenvalue weighted by atomic mass is 32.1. The van der Waals surface area contributed by atoms with E-state index < -0.39 is 0 Å². The third-order valence-corrected chi connectivity index (χ3v) is 4.16. The number of ether oxygens (including phenoxy) is 1. The zero-order chi connectivity index (χ0) is 17.6. The van der Waals surface area contributed by atoms with Gasteiger partial charge in [0.25, 0.3) is 5.91 Å². The Kier molecular flexibility index (Phi) is 5.40. The summed E-state index contributed by atoms with van der Waals surface area (Å²) in [6, 6.07) is 9.28. The molecule has 3 aromatic rings. The lowest BCUT2D eigenvalue weighted by Gasteiger charge is -2.10. The highest BCUT2D eigenvalue weighted by Gasteiger charge is 2.10. The second-order valence-electron chi connectivity index (χ2n) is 5.76. The van der Waals surface area contributed by atoms with Gasteiger partial charge in [0, 0.05) is 35.9 Å². The summed E-state index contributed by atoms with van der Waals surface area (Å²) in [6.45, 7) is 4.27. The van der Waals surface area contributed by atoms with Gasteiger partial charge in [0.1, 0.15) is 0 Å². The molecule has 3 heterocycles. The molecule has 0 fully saturated rings. The Hall–Kier alpha value is -2.73. The van der Waals surface area contributed by atoms with Crippen molar-refractivity contribution in [1.29, 1.82) is 0 Å². The summed E-state index contributed by atoms with van der Waals surface area (Å²) >= 11 is 1.62. The molecule has 0 unspecified atom stereocenters. The molecule has 0 aromatic carbocycles. The fraction of sp³-hybridized carbons (Fsp3) is 0.211. The van der Waals surface area contributed by atoms with E-state index in [2.05, 4.69) is 15.3 Å². The molecule has 1 N–H and O–H groups in total. The molecule has 128 valence electrons. The van der Waals surface area contributed by atoms with E-state index in [0.29, 0.717) is 18.0 Å². The fourth-order valence-corrected chi connectivity index (χ4v) is 2.98. The average Bonchev–Trinajstić information content (AvgIpc) is 3.14. The van der Waals surface area contributed by atoms with Crippen LogP contribution >= 0.6 is 11.3 Å². The largest absolute Gasteiger partial charge is 0.475 e. The summed E-state index contributed by atoms with van der Waals surface area (Å²) < 4.78 is 5.49. The molecule has 0 saturated heterocycles. The van der Waals surface area contributed by atoms with Gasteiger partial charge in [-0.05, 0) is 43.0 Å². The van der Waals surface area contributed by atoms with Gasteiger partial charge < -0.3 is 10.1 Å². The molecule has 0 aliphatic rings. The molecule has 0 spiro atoms. The van der Waals surface area contributed by atoms with Crippen LogP contribution in [0.25, 0.3) is 11.3 Å². The van der Waals surface area contributed by atoms with E-state index in [1.165, 1.54) is 6.20 Å². The van der Waals surface area contributed by atoms with Crippen molar-refractivity contribution >= 4 is 17.2 Å². The first-order valence-corrected chi connectivity index (χ1v) is 8.95. The summed E-state index contributed by atoms with van der Waals surface area (Å²) in [5.41, 5.74) is 3.42. The number of carbonyl (C=O) groups excluding carboxylic acids is 1. The van der Waals surface area contributed by atoms with Crippen LogP contribution < -0.4 is 10.1 Å². The topological polar surface area (TPSA) is 64.1 Å². The molecule has 0 bridgehead atoms. The number of pyridine rings is 2. The van der Waals surface area contributed by atoms with Crippen LogP contribution in [0.4, 0.5) is 0 Å². The minimum atomic E-state index is -0.177. The average molecular weight is 353 g/mol. The number of carbonyl (C=O) groups is 1. The van der Waals surface area contributed by atoms with E-state index in [4.69, 9.17) is 4.74 Å². The van der Waals surface area contributed by atoms with Gasteiger partial charge in [0.05, 0.1) is 17.4 Å². The summed E-state index contributed by atoms with van der Waals surface area (Å²) in [5.74, 6) is 0.335. The number of nitrogens with one attached hydrogen (secondary N) is 1. The van der Waals surface area contributed by atoms with Gasteiger partial charge in [-0.1, -0.05) is 6.07 Å². The molecule has 0 radical (unpaired) electrons. The van der Waals surface area contributed by atoms with Crippen molar-refractivity contribution in [1.82, 2.24) is 15.3 Å². The van der Waals surface area contributed by atoms with Crippen LogP contribution in [0, 0.1) is 0 Å². The minimum Gasteiger partial charge on any atom is -0.475 e. The van der Waals surface area contributed by atoms with Crippen LogP contribution in [-0.2, 0) is 6.54 Å². The van der Waals surface area contributed by atoms with Crippen LogP contribution in [0.3, 0.4) is 0 Å². The summed E-state index contributed by atoms with van der Waals surface area (Å²) in [6.07, 6.45) is 3.33. The number of hydrogen-bond acceptors (Lipinski definition) is 5. The van der Waals surface area contributed by atoms with E-state index in [-0.39, 0.29) is 12.0 Å². The molecule has 25 heavy (non-hydrogen) atoms. The maximum absolute atomic E-state index is 12.3. The number of aromatic nitrogens is 2. The van der Waals surface area contributed by atoms with Crippen molar-refractivity contribution in [2.75, 3.05) is 0 Å². The van der Waals surface area contributed by atoms with Gasteiger partial charge in [0.2, 0.25) is 5.88 Å². The Balaban J connectivity index is 1.67. The van der Waals surface area contributed by atoms with Crippen molar-refractivity contribution in [2.45, 2.75) is 26.5 Å². The van der Waals surface area contributed by atoms with Crippen LogP contribution in [0.15, 0.2) is 53.5 Å². The number of hydrogen-bond donors (Lipinski definition) is 1. The van der Waals surface area contributed by atoms with Crippen LogP contribution in [0.1, 0.15) is 29.8 Å². The Bertz CT molecular complexity index is 830. The third kappa shape index (κ3) is 4.42. The lowest BCUT2D eigenvalue weighted by atomic mass is 10.1. The Morgan fingerprint density at radius 2 is 2.12 bits per heavy atom. The molecule has 3 aromatic heterocycles. The Labute approximate surface area is 150 Å². The third-order valence-electron chi connectivity index (χ3n) is 3.48. The number of rotatable bonds is 6. The van der Waals surface area contributed by atoms with Gasteiger partial charge in [-0.2, -0.15) is 11.3 Å². The SMILES string of the molecule is CC(C)Oc1ccc(C(=O)NCc2cccnc2-c2ccsc2)cn1. The van der Waals surface area contributed by atoms with Gasteiger partial charge in [-0.15, -0.1) is 0 Å². The number of thiophene rings is 1. The number of amides is 1. The second kappa shape index (κ2) is 7.90. The first-order chi connectivity index (χ1) is 12.1. The lowest BCUT2D eigenvalue weighted by molar-refractivity contribution is 0.0950. The highest BCUT2D eigenvalue weighted by molar-refractivity contribution is 7.08. The first-order valence-electron chi connectivity index (χ1n) is 8.01. The highest BCUT2D eigenvalue weighted by Crippen LogP contribution is 2.23. The second-order valence-corrected chi connectivity index (χ2v) is 6.54. The molecule has 0 atom stereocenters. The summed E-state index contributed by atoms with van der Waals surface area (Å²) in [5, 5.41) is 6.98. The van der Waals surface area contributed by atoms with E-state index in [9.17, 15) is 4.79 Å². The predicted molar refractivity (Wildman–Crippen MR) is 98.7 cm³/mol. The van der Waals surface area contributed by atoms with Gasteiger partial charge in [-0.25, -0.2) is 4.98 Å². The Morgan fingerprint density at radius 3 is 2.80 bits per heavy atom. The molecule has 6 heteroatoms. The molecule has 1 amide bonds. The molecular weight excluding hydrogens is 334 g/mol. The van der Waals surface area contributed by atoms with Crippen LogP contribution in [0.5, 0.6) is 5.88 Å². The van der Waals surface area contributed by atoms with Crippen molar-refractivity contribution in [3.8, 4) is 17.1 Å². The minimum absolute atomic E-state index is 0.0493. The van der Waals surface area contributed by atoms with Gasteiger partial charge in [-0.3, -0.25) is 9.78 Å². The summed E-state index contributed by atoms with van der Waals surface area (Å²) in [4.78, 5) is 20.9. The summed E-state index contributed by atoms with van der Waals surface area (Å²) in [7, 11) is 0. The standard InChI is InChI=1S/C19H19N3O2S/c1-13(2)24-17-6-5-15(11-21-17)19(23)22-10-14-4-3-8-20-18(14)16-7-9-25-12-16/h3-9,11-13H,10H2,1-2H3,(H,22,23). The molecular formula is C19H19N3O2S. The van der Waals surface area contributed by atoms with Crippen molar-refractivity contribution in [3.63, 3.8) is 0 Å². The lowest BCUT2D eigenvalue weighted by Crippen LogP contribution is -2.23. The molecule has 0 aliphatic carbocycles. The molecule has 0 aliphatic heterocycles. The Morgan fingerprint density at radius 1 is 1.24 bits per heavy atom. The maximum atomic E-state index is 12.3. The molecule has 5 nitrogen and oxygen atoms in total. The van der Waals surface area contributed by atoms with Crippen LogP contribution in [0.2, 0.25) is 0 Å². The van der Waals surface area contributed by atoms with Crippen molar-refractivity contribution in [2.24, 2.45) is 0 Å². The zero-order valence-electron chi connectivity index (χ0n) is 14.1. The van der Waals surface area contributed by atoms with Crippen LogP contribution in [-0.4, -0.2) is 22.0 Å². The van der Waals surface area contributed by atoms with Gasteiger partial charge >= 0.3 is 0 Å². The van der Waals surface area contributed by atoms with E-state index in [1.54, 1.807) is 29.7 Å². The number of nitrogens with zero attached hydrogens (tertiary/aromatic N) is 2. The van der Waals surface area contributed by atoms with Gasteiger partial charge in [0.15, 0.2) is 0 Å². The zero-order valence-corrected chi connectivity index (χ0v) is 14.9. The predicted octanol–water partition coefficient (Wildman–Crippen LogP) is 3.92. The smallest absolute Gasteiger partial charge is 0.253 e. The fourth-order valence-electron chi connectivity index (χ4n) is 2.34. The van der Waals surface area contributed by atoms with E-state index in [0.717, 1.165) is 16.8 Å². The quantitative estimate of drug-likeness (QED) is 0.729. The van der Waals surface area contributed by atoms with Crippen molar-refractivity contribution in [3.05, 3.63) is 64.6 Å².